The van der Waals surface area contributed by atoms with Gasteiger partial charge in [0, 0.05) is 11.4 Å². The third kappa shape index (κ3) is 6.93. The molecule has 0 aliphatic rings. The molecule has 144 valence electrons. The maximum absolute atomic E-state index is 11.9. The van der Waals surface area contributed by atoms with Crippen LogP contribution in [0.4, 0.5) is 11.4 Å². The van der Waals surface area contributed by atoms with Gasteiger partial charge in [-0.05, 0) is 42.5 Å². The number of sulfonamides is 1. The molecule has 0 radical (unpaired) electrons. The van der Waals surface area contributed by atoms with Crippen LogP contribution in [0.25, 0.3) is 0 Å². The maximum atomic E-state index is 11.9. The second kappa shape index (κ2) is 9.40. The first kappa shape index (κ1) is 20.7. The third-order valence-electron chi connectivity index (χ3n) is 3.29. The number of thioether (sulfide) groups is 1. The number of amides is 2. The number of ether oxygens (including phenoxy) is 1. The molecule has 0 aliphatic carbocycles. The van der Waals surface area contributed by atoms with E-state index in [1.165, 1.54) is 18.2 Å². The molecule has 27 heavy (non-hydrogen) atoms. The average molecular weight is 409 g/mol. The third-order valence-corrected chi connectivity index (χ3v) is 5.13. The molecular formula is C17H19N3O5S2. The van der Waals surface area contributed by atoms with E-state index in [-0.39, 0.29) is 28.2 Å². The fraction of sp³-hybridized carbons (Fsp3) is 0.176. The number of nitrogens with one attached hydrogen (secondary N) is 2. The molecule has 2 aromatic rings. The van der Waals surface area contributed by atoms with E-state index in [1.54, 1.807) is 37.4 Å². The van der Waals surface area contributed by atoms with E-state index in [0.717, 1.165) is 11.8 Å². The van der Waals surface area contributed by atoms with E-state index < -0.39 is 10.0 Å². The zero-order valence-electron chi connectivity index (χ0n) is 14.5. The Morgan fingerprint density at radius 1 is 1.00 bits per heavy atom. The Labute approximate surface area is 161 Å². The highest BCUT2D eigenvalue weighted by atomic mass is 32.2. The second-order valence-electron chi connectivity index (χ2n) is 5.39. The molecule has 0 saturated heterocycles. The Kier molecular flexibility index (Phi) is 7.22. The number of methoxy groups -OCH3 is 1. The summed E-state index contributed by atoms with van der Waals surface area (Å²) in [5.41, 5.74) is 0.945. The van der Waals surface area contributed by atoms with Crippen molar-refractivity contribution in [2.75, 3.05) is 29.2 Å². The lowest BCUT2D eigenvalue weighted by atomic mass is 10.3. The number of hydrogen-bond acceptors (Lipinski definition) is 6. The number of benzene rings is 2. The lowest BCUT2D eigenvalue weighted by Gasteiger charge is -2.08. The average Bonchev–Trinajstić information content (AvgIpc) is 2.62. The predicted octanol–water partition coefficient (Wildman–Crippen LogP) is 1.65. The lowest BCUT2D eigenvalue weighted by Crippen LogP contribution is -2.19. The van der Waals surface area contributed by atoms with E-state index in [0.29, 0.717) is 17.1 Å². The van der Waals surface area contributed by atoms with Gasteiger partial charge in [0.15, 0.2) is 0 Å². The van der Waals surface area contributed by atoms with Crippen molar-refractivity contribution in [3.05, 3.63) is 48.5 Å². The van der Waals surface area contributed by atoms with Gasteiger partial charge in [0.2, 0.25) is 21.8 Å². The van der Waals surface area contributed by atoms with E-state index in [1.807, 2.05) is 0 Å². The minimum absolute atomic E-state index is 0.0373. The normalized spacial score (nSPS) is 10.9. The summed E-state index contributed by atoms with van der Waals surface area (Å²) >= 11 is 1.13. The van der Waals surface area contributed by atoms with Crippen LogP contribution in [-0.4, -0.2) is 38.8 Å². The predicted molar refractivity (Wildman–Crippen MR) is 105 cm³/mol. The summed E-state index contributed by atoms with van der Waals surface area (Å²) in [6, 6.07) is 12.5. The van der Waals surface area contributed by atoms with Crippen LogP contribution in [0, 0.1) is 0 Å². The Balaban J connectivity index is 1.77. The first-order chi connectivity index (χ1) is 12.8. The standard InChI is InChI=1S/C17H19N3O5S2/c1-25-14-7-5-12(6-8-14)19-16(21)10-26-11-17(22)20-13-3-2-4-15(9-13)27(18,23)24/h2-9H,10-11H2,1H3,(H,19,21)(H,20,22)(H2,18,23,24). The number of rotatable bonds is 8. The van der Waals surface area contributed by atoms with Gasteiger partial charge < -0.3 is 15.4 Å². The van der Waals surface area contributed by atoms with Gasteiger partial charge in [0.1, 0.15) is 5.75 Å². The van der Waals surface area contributed by atoms with Crippen LogP contribution in [0.2, 0.25) is 0 Å². The van der Waals surface area contributed by atoms with Gasteiger partial charge in [-0.2, -0.15) is 0 Å². The zero-order chi connectivity index (χ0) is 19.9. The molecule has 0 unspecified atom stereocenters. The quantitative estimate of drug-likeness (QED) is 0.608. The van der Waals surface area contributed by atoms with Crippen molar-refractivity contribution in [2.24, 2.45) is 5.14 Å². The van der Waals surface area contributed by atoms with Crippen molar-refractivity contribution in [2.45, 2.75) is 4.90 Å². The molecule has 0 fully saturated rings. The smallest absolute Gasteiger partial charge is 0.238 e. The van der Waals surface area contributed by atoms with E-state index in [2.05, 4.69) is 10.6 Å². The molecule has 0 atom stereocenters. The summed E-state index contributed by atoms with van der Waals surface area (Å²) in [5.74, 6) is 0.218. The topological polar surface area (TPSA) is 128 Å². The SMILES string of the molecule is COc1ccc(NC(=O)CSCC(=O)Nc2cccc(S(N)(=O)=O)c2)cc1. The first-order valence-electron chi connectivity index (χ1n) is 7.72. The summed E-state index contributed by atoms with van der Waals surface area (Å²) in [6.45, 7) is 0. The van der Waals surface area contributed by atoms with Crippen molar-refractivity contribution in [3.63, 3.8) is 0 Å². The second-order valence-corrected chi connectivity index (χ2v) is 7.94. The van der Waals surface area contributed by atoms with Crippen molar-refractivity contribution in [3.8, 4) is 5.75 Å². The van der Waals surface area contributed by atoms with Gasteiger partial charge in [0.25, 0.3) is 0 Å². The summed E-state index contributed by atoms with van der Waals surface area (Å²) in [5, 5.41) is 10.3. The van der Waals surface area contributed by atoms with Crippen LogP contribution in [0.3, 0.4) is 0 Å². The molecule has 0 spiro atoms. The largest absolute Gasteiger partial charge is 0.497 e. The molecule has 2 aromatic carbocycles. The summed E-state index contributed by atoms with van der Waals surface area (Å²) in [4.78, 5) is 23.7. The van der Waals surface area contributed by atoms with Crippen LogP contribution in [0.5, 0.6) is 5.75 Å². The maximum Gasteiger partial charge on any atom is 0.238 e. The highest BCUT2D eigenvalue weighted by molar-refractivity contribution is 8.00. The molecule has 4 N–H and O–H groups in total. The van der Waals surface area contributed by atoms with Crippen molar-refractivity contribution >= 4 is 45.0 Å². The molecule has 8 nitrogen and oxygen atoms in total. The number of primary sulfonamides is 1. The van der Waals surface area contributed by atoms with Crippen LogP contribution in [0.15, 0.2) is 53.4 Å². The summed E-state index contributed by atoms with van der Waals surface area (Å²) in [7, 11) is -2.28. The molecule has 0 bridgehead atoms. The van der Waals surface area contributed by atoms with Gasteiger partial charge >= 0.3 is 0 Å². The highest BCUT2D eigenvalue weighted by Crippen LogP contribution is 2.16. The number of carbonyl (C=O) groups is 2. The Morgan fingerprint density at radius 3 is 2.15 bits per heavy atom. The van der Waals surface area contributed by atoms with Crippen LogP contribution in [-0.2, 0) is 19.6 Å². The van der Waals surface area contributed by atoms with Gasteiger partial charge in [0.05, 0.1) is 23.5 Å². The Morgan fingerprint density at radius 2 is 1.59 bits per heavy atom. The Hall–Kier alpha value is -2.56. The fourth-order valence-corrected chi connectivity index (χ4v) is 3.23. The van der Waals surface area contributed by atoms with E-state index in [9.17, 15) is 18.0 Å². The molecule has 0 aliphatic heterocycles. The van der Waals surface area contributed by atoms with Crippen LogP contribution in [0.1, 0.15) is 0 Å². The van der Waals surface area contributed by atoms with Crippen molar-refractivity contribution in [1.82, 2.24) is 0 Å². The zero-order valence-corrected chi connectivity index (χ0v) is 16.1. The molecular weight excluding hydrogens is 390 g/mol. The molecule has 2 rings (SSSR count). The van der Waals surface area contributed by atoms with E-state index in [4.69, 9.17) is 9.88 Å². The number of nitrogens with two attached hydrogens (primary N) is 1. The fourth-order valence-electron chi connectivity index (χ4n) is 2.06. The van der Waals surface area contributed by atoms with Crippen LogP contribution < -0.4 is 20.5 Å². The summed E-state index contributed by atoms with van der Waals surface area (Å²) in [6.07, 6.45) is 0. The molecule has 0 aromatic heterocycles. The minimum Gasteiger partial charge on any atom is -0.497 e. The van der Waals surface area contributed by atoms with Crippen molar-refractivity contribution < 1.29 is 22.7 Å². The highest BCUT2D eigenvalue weighted by Gasteiger charge is 2.10. The molecule has 0 heterocycles. The number of hydrogen-bond donors (Lipinski definition) is 3. The van der Waals surface area contributed by atoms with Gasteiger partial charge in [-0.25, -0.2) is 13.6 Å². The van der Waals surface area contributed by atoms with Gasteiger partial charge in [-0.15, -0.1) is 11.8 Å². The Bertz CT molecular complexity index is 914. The molecule has 2 amide bonds. The number of carbonyl (C=O) groups excluding carboxylic acids is 2. The minimum atomic E-state index is -3.84. The van der Waals surface area contributed by atoms with Crippen molar-refractivity contribution in [1.29, 1.82) is 0 Å². The van der Waals surface area contributed by atoms with Gasteiger partial charge in [-0.3, -0.25) is 9.59 Å². The molecule has 0 saturated carbocycles. The lowest BCUT2D eigenvalue weighted by molar-refractivity contribution is -0.114. The van der Waals surface area contributed by atoms with E-state index >= 15 is 0 Å². The molecule has 10 heteroatoms. The van der Waals surface area contributed by atoms with Crippen LogP contribution >= 0.6 is 11.8 Å². The summed E-state index contributed by atoms with van der Waals surface area (Å²) < 4.78 is 27.7. The number of anilines is 2. The van der Waals surface area contributed by atoms with Gasteiger partial charge in [-0.1, -0.05) is 6.07 Å². The first-order valence-corrected chi connectivity index (χ1v) is 10.4. The monoisotopic (exact) mass is 409 g/mol.